The predicted octanol–water partition coefficient (Wildman–Crippen LogP) is 0.285. The number of pyridine rings is 1. The molecule has 3 N–H and O–H groups in total. The molecule has 2 rings (SSSR count). The van der Waals surface area contributed by atoms with Gasteiger partial charge in [0, 0.05) is 12.7 Å². The third-order valence-electron chi connectivity index (χ3n) is 2.03. The van der Waals surface area contributed by atoms with Crippen LogP contribution >= 0.6 is 0 Å². The van der Waals surface area contributed by atoms with Crippen LogP contribution in [0, 0.1) is 0 Å². The summed E-state index contributed by atoms with van der Waals surface area (Å²) in [6.45, 7) is 0.332. The summed E-state index contributed by atoms with van der Waals surface area (Å²) in [7, 11) is 0. The van der Waals surface area contributed by atoms with Gasteiger partial charge in [0.1, 0.15) is 12.4 Å². The molecular formula is C9H11N3O. The highest BCUT2D eigenvalue weighted by Crippen LogP contribution is 2.11. The van der Waals surface area contributed by atoms with Gasteiger partial charge in [-0.3, -0.25) is 0 Å². The lowest BCUT2D eigenvalue weighted by molar-refractivity contribution is 0.270. The minimum atomic E-state index is -0.0643. The molecule has 0 atom stereocenters. The van der Waals surface area contributed by atoms with Crippen molar-refractivity contribution in [3.8, 4) is 0 Å². The van der Waals surface area contributed by atoms with Crippen LogP contribution in [0.2, 0.25) is 0 Å². The molecule has 13 heavy (non-hydrogen) atoms. The molecule has 0 aliphatic carbocycles. The summed E-state index contributed by atoms with van der Waals surface area (Å²) >= 11 is 0. The van der Waals surface area contributed by atoms with Gasteiger partial charge in [-0.25, -0.2) is 4.98 Å². The van der Waals surface area contributed by atoms with E-state index in [0.717, 1.165) is 11.2 Å². The molecule has 0 aliphatic rings. The zero-order chi connectivity index (χ0) is 9.26. The van der Waals surface area contributed by atoms with E-state index < -0.39 is 0 Å². The summed E-state index contributed by atoms with van der Waals surface area (Å²) in [5.41, 5.74) is 7.32. The highest BCUT2D eigenvalue weighted by Gasteiger charge is 2.06. The Hall–Kier alpha value is -1.39. The topological polar surface area (TPSA) is 63.5 Å². The number of rotatable bonds is 2. The van der Waals surface area contributed by atoms with Crippen molar-refractivity contribution in [3.05, 3.63) is 35.9 Å². The maximum atomic E-state index is 9.02. The average Bonchev–Trinajstić information content (AvgIpc) is 2.56. The van der Waals surface area contributed by atoms with E-state index in [1.54, 1.807) is 0 Å². The van der Waals surface area contributed by atoms with Crippen LogP contribution in [-0.4, -0.2) is 14.5 Å². The number of aliphatic hydroxyl groups is 1. The quantitative estimate of drug-likeness (QED) is 0.692. The van der Waals surface area contributed by atoms with Crippen molar-refractivity contribution in [2.75, 3.05) is 0 Å². The van der Waals surface area contributed by atoms with Gasteiger partial charge in [0.2, 0.25) is 0 Å². The van der Waals surface area contributed by atoms with Crippen molar-refractivity contribution < 1.29 is 5.11 Å². The second kappa shape index (κ2) is 3.16. The highest BCUT2D eigenvalue weighted by molar-refractivity contribution is 5.52. The van der Waals surface area contributed by atoms with Crippen molar-refractivity contribution in [2.24, 2.45) is 5.73 Å². The maximum Gasteiger partial charge on any atom is 0.139 e. The SMILES string of the molecule is NCc1nc(CO)n2ccccc12. The summed E-state index contributed by atoms with van der Waals surface area (Å²) in [5.74, 6) is 0.635. The molecule has 0 saturated carbocycles. The lowest BCUT2D eigenvalue weighted by Gasteiger charge is -1.95. The van der Waals surface area contributed by atoms with Crippen molar-refractivity contribution in [2.45, 2.75) is 13.2 Å². The van der Waals surface area contributed by atoms with Gasteiger partial charge in [-0.15, -0.1) is 0 Å². The molecule has 0 aliphatic heterocycles. The first-order valence-electron chi connectivity index (χ1n) is 4.12. The Bertz CT molecular complexity index is 384. The zero-order valence-electron chi connectivity index (χ0n) is 7.14. The number of hydrogen-bond acceptors (Lipinski definition) is 3. The number of aromatic nitrogens is 2. The first kappa shape index (κ1) is 8.22. The van der Waals surface area contributed by atoms with Gasteiger partial charge < -0.3 is 15.2 Å². The molecule has 2 heterocycles. The van der Waals surface area contributed by atoms with Crippen LogP contribution in [0.4, 0.5) is 0 Å². The van der Waals surface area contributed by atoms with Crippen LogP contribution in [0.1, 0.15) is 11.5 Å². The lowest BCUT2D eigenvalue weighted by Crippen LogP contribution is -1.97. The van der Waals surface area contributed by atoms with Crippen molar-refractivity contribution in [1.29, 1.82) is 0 Å². The Labute approximate surface area is 75.6 Å². The minimum Gasteiger partial charge on any atom is -0.388 e. The van der Waals surface area contributed by atoms with Crippen molar-refractivity contribution in [3.63, 3.8) is 0 Å². The van der Waals surface area contributed by atoms with Crippen LogP contribution < -0.4 is 5.73 Å². The van der Waals surface area contributed by atoms with Crippen LogP contribution in [-0.2, 0) is 13.2 Å². The maximum absolute atomic E-state index is 9.02. The third-order valence-corrected chi connectivity index (χ3v) is 2.03. The number of hydrogen-bond donors (Lipinski definition) is 2. The Kier molecular flexibility index (Phi) is 2.00. The van der Waals surface area contributed by atoms with E-state index in [2.05, 4.69) is 4.98 Å². The molecule has 0 saturated heterocycles. The van der Waals surface area contributed by atoms with E-state index >= 15 is 0 Å². The molecule has 4 nitrogen and oxygen atoms in total. The van der Waals surface area contributed by atoms with E-state index in [0.29, 0.717) is 12.4 Å². The molecule has 0 bridgehead atoms. The fourth-order valence-corrected chi connectivity index (χ4v) is 1.43. The molecular weight excluding hydrogens is 166 g/mol. The summed E-state index contributed by atoms with van der Waals surface area (Å²) in [4.78, 5) is 4.21. The summed E-state index contributed by atoms with van der Waals surface area (Å²) in [5, 5.41) is 9.02. The Morgan fingerprint density at radius 2 is 2.31 bits per heavy atom. The minimum absolute atomic E-state index is 0.0643. The fourth-order valence-electron chi connectivity index (χ4n) is 1.43. The molecule has 0 fully saturated rings. The molecule has 0 radical (unpaired) electrons. The van der Waals surface area contributed by atoms with Crippen LogP contribution in [0.25, 0.3) is 5.52 Å². The summed E-state index contributed by atoms with van der Waals surface area (Å²) < 4.78 is 1.85. The van der Waals surface area contributed by atoms with E-state index in [4.69, 9.17) is 10.8 Å². The standard InChI is InChI=1S/C9H11N3O/c10-5-7-8-3-1-2-4-12(8)9(6-13)11-7/h1-4,13H,5-6,10H2. The third kappa shape index (κ3) is 1.20. The molecule has 0 spiro atoms. The van der Waals surface area contributed by atoms with Gasteiger partial charge in [0.25, 0.3) is 0 Å². The van der Waals surface area contributed by atoms with Crippen LogP contribution in [0.3, 0.4) is 0 Å². The molecule has 0 amide bonds. The van der Waals surface area contributed by atoms with Crippen molar-refractivity contribution >= 4 is 5.52 Å². The van der Waals surface area contributed by atoms with Gasteiger partial charge >= 0.3 is 0 Å². The Morgan fingerprint density at radius 1 is 1.46 bits per heavy atom. The van der Waals surface area contributed by atoms with Crippen LogP contribution in [0.15, 0.2) is 24.4 Å². The predicted molar refractivity (Wildman–Crippen MR) is 49.0 cm³/mol. The van der Waals surface area contributed by atoms with E-state index in [9.17, 15) is 0 Å². The van der Waals surface area contributed by atoms with Gasteiger partial charge in [-0.05, 0) is 12.1 Å². The first-order valence-corrected chi connectivity index (χ1v) is 4.12. The normalized spacial score (nSPS) is 10.9. The fraction of sp³-hybridized carbons (Fsp3) is 0.222. The van der Waals surface area contributed by atoms with Gasteiger partial charge in [-0.1, -0.05) is 6.07 Å². The average molecular weight is 177 g/mol. The largest absolute Gasteiger partial charge is 0.388 e. The van der Waals surface area contributed by atoms with Gasteiger partial charge in [-0.2, -0.15) is 0 Å². The number of aliphatic hydroxyl groups excluding tert-OH is 1. The van der Waals surface area contributed by atoms with E-state index in [1.165, 1.54) is 0 Å². The van der Waals surface area contributed by atoms with E-state index in [-0.39, 0.29) is 6.61 Å². The number of fused-ring (bicyclic) bond motifs is 1. The summed E-state index contributed by atoms with van der Waals surface area (Å²) in [6.07, 6.45) is 1.87. The number of nitrogens with two attached hydrogens (primary N) is 1. The van der Waals surface area contributed by atoms with E-state index in [1.807, 2.05) is 28.8 Å². The van der Waals surface area contributed by atoms with Crippen LogP contribution in [0.5, 0.6) is 0 Å². The Morgan fingerprint density at radius 3 is 3.00 bits per heavy atom. The second-order valence-electron chi connectivity index (χ2n) is 2.79. The van der Waals surface area contributed by atoms with Gasteiger partial charge in [0.05, 0.1) is 11.2 Å². The second-order valence-corrected chi connectivity index (χ2v) is 2.79. The monoisotopic (exact) mass is 177 g/mol. The molecule has 4 heteroatoms. The van der Waals surface area contributed by atoms with Crippen molar-refractivity contribution in [1.82, 2.24) is 9.38 Å². The first-order chi connectivity index (χ1) is 6.36. The molecule has 0 unspecified atom stereocenters. The summed E-state index contributed by atoms with van der Waals surface area (Å²) in [6, 6.07) is 5.76. The Balaban J connectivity index is 2.74. The molecule has 2 aromatic rings. The highest BCUT2D eigenvalue weighted by atomic mass is 16.3. The molecule has 2 aromatic heterocycles. The molecule has 0 aromatic carbocycles. The smallest absolute Gasteiger partial charge is 0.139 e. The number of nitrogens with zero attached hydrogens (tertiary/aromatic N) is 2. The molecule has 68 valence electrons. The lowest BCUT2D eigenvalue weighted by atomic mass is 10.3. The number of imidazole rings is 1. The zero-order valence-corrected chi connectivity index (χ0v) is 7.14. The van der Waals surface area contributed by atoms with Gasteiger partial charge in [0.15, 0.2) is 0 Å².